The summed E-state index contributed by atoms with van der Waals surface area (Å²) in [5, 5.41) is 33.6. The first kappa shape index (κ1) is 29.9. The van der Waals surface area contributed by atoms with Gasteiger partial charge in [-0.25, -0.2) is 4.79 Å². The second kappa shape index (κ2) is 16.5. The standard InChI is InChI=1S/C19H34N2O6.K/c1-4-7-8-9-10-17(23)20-11-12-21(13-14-22,15(5-2)18(24)25)16(6-3)19(26)27;/h8-9,15-16,22H,4-7,10-14H2,1-3H3,(H2-,20,23,24,25,26,27);/q;+1/b9-8+;. The molecule has 0 radical (unpaired) electrons. The molecule has 3 atom stereocenters. The number of carbonyl (C=O) groups is 3. The fourth-order valence-corrected chi connectivity index (χ4v) is 3.59. The molecule has 0 heterocycles. The van der Waals surface area contributed by atoms with Crippen LogP contribution in [0.1, 0.15) is 52.9 Å². The van der Waals surface area contributed by atoms with Crippen molar-refractivity contribution in [1.82, 2.24) is 5.32 Å². The molecule has 3 N–H and O–H groups in total. The number of hydrogen-bond donors (Lipinski definition) is 3. The van der Waals surface area contributed by atoms with Crippen LogP contribution in [0.5, 0.6) is 0 Å². The van der Waals surface area contributed by atoms with Crippen molar-refractivity contribution in [2.24, 2.45) is 0 Å². The first-order chi connectivity index (χ1) is 12.8. The van der Waals surface area contributed by atoms with Crippen molar-refractivity contribution in [3.63, 3.8) is 0 Å². The van der Waals surface area contributed by atoms with Gasteiger partial charge in [-0.1, -0.05) is 39.3 Å². The Bertz CT molecular complexity index is 491. The minimum Gasteiger partial charge on any atom is -0.544 e. The maximum Gasteiger partial charge on any atom is 1.00 e. The summed E-state index contributed by atoms with van der Waals surface area (Å²) in [7, 11) is 0. The number of rotatable bonds is 15. The summed E-state index contributed by atoms with van der Waals surface area (Å²) >= 11 is 0. The topological polar surface area (TPSA) is 127 Å². The third-order valence-corrected chi connectivity index (χ3v) is 4.86. The van der Waals surface area contributed by atoms with Gasteiger partial charge in [0.15, 0.2) is 6.04 Å². The van der Waals surface area contributed by atoms with Crippen LogP contribution in [0.2, 0.25) is 0 Å². The van der Waals surface area contributed by atoms with E-state index in [2.05, 4.69) is 5.32 Å². The number of carboxylic acids is 2. The first-order valence-corrected chi connectivity index (χ1v) is 9.63. The molecule has 0 saturated carbocycles. The van der Waals surface area contributed by atoms with Crippen LogP contribution in [0.25, 0.3) is 0 Å². The Morgan fingerprint density at radius 3 is 2.11 bits per heavy atom. The molecule has 0 aromatic heterocycles. The van der Waals surface area contributed by atoms with Crippen LogP contribution in [0.4, 0.5) is 0 Å². The van der Waals surface area contributed by atoms with Gasteiger partial charge in [0.2, 0.25) is 5.91 Å². The summed E-state index contributed by atoms with van der Waals surface area (Å²) < 4.78 is -0.354. The Kier molecular flexibility index (Phi) is 17.6. The third kappa shape index (κ3) is 9.47. The Morgan fingerprint density at radius 1 is 1.07 bits per heavy atom. The second-order valence-corrected chi connectivity index (χ2v) is 6.59. The zero-order valence-electron chi connectivity index (χ0n) is 17.6. The molecule has 0 aliphatic rings. The van der Waals surface area contributed by atoms with Crippen molar-refractivity contribution >= 4 is 17.8 Å². The van der Waals surface area contributed by atoms with E-state index in [9.17, 15) is 29.7 Å². The molecule has 0 aliphatic carbocycles. The quantitative estimate of drug-likeness (QED) is 0.146. The molecule has 0 aromatic rings. The summed E-state index contributed by atoms with van der Waals surface area (Å²) in [4.78, 5) is 35.4. The van der Waals surface area contributed by atoms with Crippen LogP contribution in [0, 0.1) is 0 Å². The van der Waals surface area contributed by atoms with Gasteiger partial charge in [0.25, 0.3) is 0 Å². The maximum atomic E-state index is 11.9. The van der Waals surface area contributed by atoms with Gasteiger partial charge in [0.1, 0.15) is 12.6 Å². The number of aliphatic carboxylic acids is 2. The van der Waals surface area contributed by atoms with Crippen molar-refractivity contribution < 1.29 is 85.6 Å². The molecule has 0 bridgehead atoms. The number of nitrogens with one attached hydrogen (secondary N) is 1. The van der Waals surface area contributed by atoms with Crippen LogP contribution in [0.3, 0.4) is 0 Å². The van der Waals surface area contributed by atoms with Crippen molar-refractivity contribution in [2.75, 3.05) is 26.2 Å². The Hall–Kier alpha value is -0.294. The summed E-state index contributed by atoms with van der Waals surface area (Å²) in [6.45, 7) is 5.16. The SMILES string of the molecule is CCC/C=C/CC(=O)NCC[N+](CCO)(C(CC)C(=O)[O-])C(CC)C(=O)O.[K+]. The summed E-state index contributed by atoms with van der Waals surface area (Å²) in [6, 6.07) is -2.10. The number of carbonyl (C=O) groups excluding carboxylic acids is 2. The minimum absolute atomic E-state index is 0. The van der Waals surface area contributed by atoms with E-state index in [-0.39, 0.29) is 107 Å². The molecule has 1 amide bonds. The van der Waals surface area contributed by atoms with Crippen LogP contribution >= 0.6 is 0 Å². The van der Waals surface area contributed by atoms with Crippen molar-refractivity contribution in [3.05, 3.63) is 12.2 Å². The molecular weight excluding hydrogens is 391 g/mol. The fraction of sp³-hybridized carbons (Fsp3) is 0.737. The summed E-state index contributed by atoms with van der Waals surface area (Å²) in [5.74, 6) is -2.69. The van der Waals surface area contributed by atoms with Gasteiger partial charge < -0.3 is 29.9 Å². The fourth-order valence-electron chi connectivity index (χ4n) is 3.59. The molecule has 28 heavy (non-hydrogen) atoms. The third-order valence-electron chi connectivity index (χ3n) is 4.86. The predicted octanol–water partition coefficient (Wildman–Crippen LogP) is -2.95. The van der Waals surface area contributed by atoms with E-state index in [1.54, 1.807) is 19.9 Å². The van der Waals surface area contributed by atoms with Gasteiger partial charge >= 0.3 is 57.4 Å². The number of allylic oxidation sites excluding steroid dienone is 1. The number of unbranched alkanes of at least 4 members (excludes halogenated alkanes) is 1. The van der Waals surface area contributed by atoms with Crippen LogP contribution < -0.4 is 61.8 Å². The van der Waals surface area contributed by atoms with E-state index in [1.165, 1.54) is 0 Å². The average molecular weight is 426 g/mol. The van der Waals surface area contributed by atoms with Crippen LogP contribution in [-0.4, -0.2) is 70.9 Å². The number of aliphatic hydroxyl groups is 1. The van der Waals surface area contributed by atoms with Gasteiger partial charge in [0, 0.05) is 19.3 Å². The molecule has 156 valence electrons. The van der Waals surface area contributed by atoms with Gasteiger partial charge in [-0.15, -0.1) is 0 Å². The molecule has 0 spiro atoms. The minimum atomic E-state index is -1.35. The molecule has 0 fully saturated rings. The van der Waals surface area contributed by atoms with Gasteiger partial charge in [0.05, 0.1) is 25.7 Å². The van der Waals surface area contributed by atoms with E-state index in [0.717, 1.165) is 12.8 Å². The molecule has 0 aromatic carbocycles. The number of amides is 1. The van der Waals surface area contributed by atoms with Gasteiger partial charge in [-0.3, -0.25) is 4.79 Å². The van der Waals surface area contributed by atoms with E-state index in [0.29, 0.717) is 0 Å². The number of quaternary nitrogens is 1. The van der Waals surface area contributed by atoms with Crippen LogP contribution in [-0.2, 0) is 14.4 Å². The first-order valence-electron chi connectivity index (χ1n) is 9.63. The van der Waals surface area contributed by atoms with E-state index in [4.69, 9.17) is 0 Å². The van der Waals surface area contributed by atoms with Crippen molar-refractivity contribution in [2.45, 2.75) is 65.0 Å². The molecule has 9 heteroatoms. The zero-order chi connectivity index (χ0) is 20.9. The number of nitrogens with zero attached hydrogens (tertiary/aromatic N) is 1. The molecule has 8 nitrogen and oxygen atoms in total. The maximum absolute atomic E-state index is 11.9. The number of hydrogen-bond acceptors (Lipinski definition) is 5. The molecule has 3 unspecified atom stereocenters. The Labute approximate surface area is 210 Å². The molecular formula is C19H34KN2O6+. The van der Waals surface area contributed by atoms with Crippen molar-refractivity contribution in [3.8, 4) is 0 Å². The molecule has 0 rings (SSSR count). The molecule has 0 saturated heterocycles. The van der Waals surface area contributed by atoms with Crippen molar-refractivity contribution in [1.29, 1.82) is 0 Å². The normalized spacial score (nSPS) is 15.3. The van der Waals surface area contributed by atoms with Gasteiger partial charge in [-0.2, -0.15) is 0 Å². The van der Waals surface area contributed by atoms with E-state index in [1.807, 2.05) is 13.0 Å². The average Bonchev–Trinajstić information content (AvgIpc) is 2.59. The monoisotopic (exact) mass is 425 g/mol. The Morgan fingerprint density at radius 2 is 1.68 bits per heavy atom. The van der Waals surface area contributed by atoms with E-state index >= 15 is 0 Å². The van der Waals surface area contributed by atoms with E-state index < -0.39 is 24.0 Å². The summed E-state index contributed by atoms with van der Waals surface area (Å²) in [6.07, 6.45) is 6.17. The van der Waals surface area contributed by atoms with Gasteiger partial charge in [-0.05, 0) is 6.42 Å². The number of carboxylic acid groups (broad SMARTS) is 2. The zero-order valence-corrected chi connectivity index (χ0v) is 20.8. The molecule has 0 aliphatic heterocycles. The summed E-state index contributed by atoms with van der Waals surface area (Å²) in [5.41, 5.74) is 0. The largest absolute Gasteiger partial charge is 1.00 e. The Balaban J connectivity index is 0. The smallest absolute Gasteiger partial charge is 0.544 e. The second-order valence-electron chi connectivity index (χ2n) is 6.59. The predicted molar refractivity (Wildman–Crippen MR) is 99.6 cm³/mol. The van der Waals surface area contributed by atoms with Crippen LogP contribution in [0.15, 0.2) is 12.2 Å². The number of aliphatic hydroxyl groups excluding tert-OH is 1.